The zero-order valence-electron chi connectivity index (χ0n) is 15.2. The van der Waals surface area contributed by atoms with Crippen LogP contribution < -0.4 is 10.9 Å². The maximum Gasteiger partial charge on any atom is 0.262 e. The molecule has 0 unspecified atom stereocenters. The van der Waals surface area contributed by atoms with Gasteiger partial charge in [0.2, 0.25) is 5.91 Å². The highest BCUT2D eigenvalue weighted by atomic mass is 32.2. The maximum absolute atomic E-state index is 12.9. The van der Waals surface area contributed by atoms with Crippen molar-refractivity contribution >= 4 is 28.6 Å². The van der Waals surface area contributed by atoms with E-state index in [9.17, 15) is 14.0 Å². The highest BCUT2D eigenvalue weighted by molar-refractivity contribution is 7.99. The van der Waals surface area contributed by atoms with Crippen molar-refractivity contribution in [1.82, 2.24) is 14.9 Å². The van der Waals surface area contributed by atoms with E-state index in [1.807, 2.05) is 18.2 Å². The van der Waals surface area contributed by atoms with E-state index in [2.05, 4.69) is 10.3 Å². The number of carbonyl (C=O) groups is 1. The van der Waals surface area contributed by atoms with Crippen LogP contribution in [-0.4, -0.2) is 27.8 Å². The molecule has 0 atom stereocenters. The number of rotatable bonds is 7. The Labute approximate surface area is 166 Å². The van der Waals surface area contributed by atoms with Gasteiger partial charge < -0.3 is 5.32 Å². The quantitative estimate of drug-likeness (QED) is 0.491. The van der Waals surface area contributed by atoms with Crippen LogP contribution in [0.25, 0.3) is 10.9 Å². The van der Waals surface area contributed by atoms with Crippen molar-refractivity contribution in [2.75, 3.05) is 12.3 Å². The lowest BCUT2D eigenvalue weighted by Gasteiger charge is -2.12. The summed E-state index contributed by atoms with van der Waals surface area (Å²) in [5, 5.41) is 4.07. The SMILES string of the molecule is O=C(CSc1nc2ccccc2c(=O)n1C1CC1)NCCc1ccc(F)cc1. The van der Waals surface area contributed by atoms with Crippen LogP contribution in [0.1, 0.15) is 24.4 Å². The average Bonchev–Trinajstić information content (AvgIpc) is 3.53. The number of amides is 1. The summed E-state index contributed by atoms with van der Waals surface area (Å²) in [4.78, 5) is 29.6. The summed E-state index contributed by atoms with van der Waals surface area (Å²) >= 11 is 1.29. The van der Waals surface area contributed by atoms with Gasteiger partial charge in [-0.3, -0.25) is 14.2 Å². The van der Waals surface area contributed by atoms with Crippen LogP contribution in [0, 0.1) is 5.82 Å². The van der Waals surface area contributed by atoms with Gasteiger partial charge in [0.05, 0.1) is 16.7 Å². The molecule has 1 amide bonds. The lowest BCUT2D eigenvalue weighted by Crippen LogP contribution is -2.28. The standard InChI is InChI=1S/C21H20FN3O2S/c22-15-7-5-14(6-8-15)11-12-23-19(26)13-28-21-24-18-4-2-1-3-17(18)20(27)25(21)16-9-10-16/h1-8,16H,9-13H2,(H,23,26). The first kappa shape index (κ1) is 18.7. The Balaban J connectivity index is 1.39. The molecule has 144 valence electrons. The molecule has 4 rings (SSSR count). The highest BCUT2D eigenvalue weighted by Crippen LogP contribution is 2.36. The van der Waals surface area contributed by atoms with Crippen LogP contribution in [0.4, 0.5) is 4.39 Å². The molecule has 0 radical (unpaired) electrons. The summed E-state index contributed by atoms with van der Waals surface area (Å²) in [7, 11) is 0. The first-order valence-corrected chi connectivity index (χ1v) is 10.3. The Bertz CT molecular complexity index is 1060. The molecule has 0 saturated heterocycles. The minimum atomic E-state index is -0.270. The zero-order chi connectivity index (χ0) is 19.5. The normalized spacial score (nSPS) is 13.6. The van der Waals surface area contributed by atoms with E-state index in [4.69, 9.17) is 0 Å². The molecule has 1 fully saturated rings. The summed E-state index contributed by atoms with van der Waals surface area (Å²) in [6, 6.07) is 13.7. The largest absolute Gasteiger partial charge is 0.355 e. The Morgan fingerprint density at radius 1 is 1.18 bits per heavy atom. The van der Waals surface area contributed by atoms with E-state index in [0.717, 1.165) is 18.4 Å². The lowest BCUT2D eigenvalue weighted by molar-refractivity contribution is -0.118. The molecule has 5 nitrogen and oxygen atoms in total. The molecular formula is C21H20FN3O2S. The molecule has 28 heavy (non-hydrogen) atoms. The summed E-state index contributed by atoms with van der Waals surface area (Å²) in [6.07, 6.45) is 2.58. The second kappa shape index (κ2) is 8.14. The number of fused-ring (bicyclic) bond motifs is 1. The van der Waals surface area contributed by atoms with Crippen molar-refractivity contribution < 1.29 is 9.18 Å². The van der Waals surface area contributed by atoms with Crippen molar-refractivity contribution in [2.45, 2.75) is 30.5 Å². The molecule has 3 aromatic rings. The summed E-state index contributed by atoms with van der Waals surface area (Å²) < 4.78 is 14.7. The second-order valence-corrected chi connectivity index (χ2v) is 7.78. The topological polar surface area (TPSA) is 64.0 Å². The van der Waals surface area contributed by atoms with Gasteiger partial charge in [-0.05, 0) is 49.1 Å². The van der Waals surface area contributed by atoms with Gasteiger partial charge in [0.1, 0.15) is 5.82 Å². The predicted molar refractivity (Wildman–Crippen MR) is 108 cm³/mol. The van der Waals surface area contributed by atoms with Crippen LogP contribution in [0.5, 0.6) is 0 Å². The van der Waals surface area contributed by atoms with E-state index < -0.39 is 0 Å². The van der Waals surface area contributed by atoms with E-state index in [1.54, 1.807) is 22.8 Å². The second-order valence-electron chi connectivity index (χ2n) is 6.83. The lowest BCUT2D eigenvalue weighted by atomic mass is 10.1. The van der Waals surface area contributed by atoms with Crippen LogP contribution in [0.2, 0.25) is 0 Å². The van der Waals surface area contributed by atoms with Crippen molar-refractivity contribution in [3.63, 3.8) is 0 Å². The van der Waals surface area contributed by atoms with Crippen LogP contribution in [0.15, 0.2) is 58.5 Å². The Kier molecular flexibility index (Phi) is 5.43. The van der Waals surface area contributed by atoms with E-state index in [1.165, 1.54) is 23.9 Å². The van der Waals surface area contributed by atoms with Crippen molar-refractivity contribution in [2.24, 2.45) is 0 Å². The third-order valence-corrected chi connectivity index (χ3v) is 5.62. The number of benzene rings is 2. The van der Waals surface area contributed by atoms with Crippen LogP contribution in [-0.2, 0) is 11.2 Å². The molecule has 0 bridgehead atoms. The Hall–Kier alpha value is -2.67. The van der Waals surface area contributed by atoms with Gasteiger partial charge in [-0.25, -0.2) is 9.37 Å². The highest BCUT2D eigenvalue weighted by Gasteiger charge is 2.28. The minimum absolute atomic E-state index is 0.0349. The fourth-order valence-corrected chi connectivity index (χ4v) is 3.96. The maximum atomic E-state index is 12.9. The number of hydrogen-bond acceptors (Lipinski definition) is 4. The molecule has 1 N–H and O–H groups in total. The molecular weight excluding hydrogens is 377 g/mol. The van der Waals surface area contributed by atoms with E-state index in [0.29, 0.717) is 29.0 Å². The molecule has 1 aromatic heterocycles. The van der Waals surface area contributed by atoms with Crippen molar-refractivity contribution in [3.05, 3.63) is 70.3 Å². The van der Waals surface area contributed by atoms with Crippen molar-refractivity contribution in [1.29, 1.82) is 0 Å². The molecule has 1 saturated carbocycles. The number of nitrogens with one attached hydrogen (secondary N) is 1. The number of para-hydroxylation sites is 1. The number of carbonyl (C=O) groups excluding carboxylic acids is 1. The molecule has 1 aliphatic carbocycles. The minimum Gasteiger partial charge on any atom is -0.355 e. The first-order valence-electron chi connectivity index (χ1n) is 9.27. The van der Waals surface area contributed by atoms with Gasteiger partial charge in [-0.1, -0.05) is 36.0 Å². The number of aromatic nitrogens is 2. The van der Waals surface area contributed by atoms with Crippen LogP contribution >= 0.6 is 11.8 Å². The molecule has 0 aliphatic heterocycles. The fraction of sp³-hybridized carbons (Fsp3) is 0.286. The van der Waals surface area contributed by atoms with Crippen molar-refractivity contribution in [3.8, 4) is 0 Å². The molecule has 1 aliphatic rings. The molecule has 7 heteroatoms. The number of nitrogens with zero attached hydrogens (tertiary/aromatic N) is 2. The van der Waals surface area contributed by atoms with Gasteiger partial charge in [0.25, 0.3) is 5.56 Å². The van der Waals surface area contributed by atoms with Gasteiger partial charge in [-0.2, -0.15) is 0 Å². The Morgan fingerprint density at radius 2 is 1.93 bits per heavy atom. The average molecular weight is 397 g/mol. The summed E-state index contributed by atoms with van der Waals surface area (Å²) in [5.74, 6) is -0.188. The van der Waals surface area contributed by atoms with Crippen LogP contribution in [0.3, 0.4) is 0 Å². The summed E-state index contributed by atoms with van der Waals surface area (Å²) in [6.45, 7) is 0.478. The fourth-order valence-electron chi connectivity index (χ4n) is 3.06. The third-order valence-electron chi connectivity index (χ3n) is 4.67. The number of halogens is 1. The van der Waals surface area contributed by atoms with E-state index >= 15 is 0 Å². The third kappa shape index (κ3) is 4.25. The van der Waals surface area contributed by atoms with E-state index in [-0.39, 0.29) is 29.1 Å². The first-order chi connectivity index (χ1) is 13.6. The van der Waals surface area contributed by atoms with Gasteiger partial charge in [0, 0.05) is 12.6 Å². The Morgan fingerprint density at radius 3 is 2.68 bits per heavy atom. The van der Waals surface area contributed by atoms with Gasteiger partial charge in [0.15, 0.2) is 5.16 Å². The number of thioether (sulfide) groups is 1. The zero-order valence-corrected chi connectivity index (χ0v) is 16.0. The molecule has 0 spiro atoms. The van der Waals surface area contributed by atoms with Gasteiger partial charge in [-0.15, -0.1) is 0 Å². The summed E-state index contributed by atoms with van der Waals surface area (Å²) in [5.41, 5.74) is 1.59. The number of hydrogen-bond donors (Lipinski definition) is 1. The smallest absolute Gasteiger partial charge is 0.262 e. The predicted octanol–water partition coefficient (Wildman–Crippen LogP) is 3.32. The molecule has 2 aromatic carbocycles. The molecule has 1 heterocycles. The monoisotopic (exact) mass is 397 g/mol. The van der Waals surface area contributed by atoms with Gasteiger partial charge >= 0.3 is 0 Å².